The molecule has 3 rings (SSSR count). The number of anilines is 3. The van der Waals surface area contributed by atoms with Gasteiger partial charge in [0, 0.05) is 12.4 Å². The van der Waals surface area contributed by atoms with Crippen LogP contribution in [0.5, 0.6) is 0 Å². The van der Waals surface area contributed by atoms with Gasteiger partial charge in [-0.15, -0.1) is 0 Å². The van der Waals surface area contributed by atoms with Gasteiger partial charge in [0.25, 0.3) is 5.56 Å². The zero-order chi connectivity index (χ0) is 31.7. The Morgan fingerprint density at radius 3 is 2.00 bits per heavy atom. The molecule has 1 fully saturated rings. The molecule has 1 aromatic rings. The molecular weight excluding hydrogens is 563 g/mol. The quantitative estimate of drug-likeness (QED) is 0.260. The predicted octanol–water partition coefficient (Wildman–Crippen LogP) is 5.90. The number of fused-ring (bicyclic) bond motifs is 1. The third-order valence-electron chi connectivity index (χ3n) is 9.77. The van der Waals surface area contributed by atoms with E-state index in [1.807, 2.05) is 10.9 Å². The number of aromatic amines is 1. The number of ether oxygens (including phenoxy) is 1. The van der Waals surface area contributed by atoms with Crippen molar-refractivity contribution in [3.05, 3.63) is 10.4 Å². The zero-order valence-electron chi connectivity index (χ0n) is 27.9. The summed E-state index contributed by atoms with van der Waals surface area (Å²) < 4.78 is 21.3. The van der Waals surface area contributed by atoms with Crippen molar-refractivity contribution in [1.29, 1.82) is 5.26 Å². The monoisotopic (exact) mass is 617 g/mol. The zero-order valence-corrected chi connectivity index (χ0v) is 29.9. The lowest BCUT2D eigenvalue weighted by Gasteiger charge is -2.45. The number of hydrogen-bond acceptors (Lipinski definition) is 9. The van der Waals surface area contributed by atoms with Crippen LogP contribution in [0.1, 0.15) is 89.5 Å². The maximum atomic E-state index is 12.9. The van der Waals surface area contributed by atoms with Gasteiger partial charge in [0.15, 0.2) is 14.1 Å². The van der Waals surface area contributed by atoms with Gasteiger partial charge >= 0.3 is 7.41 Å². The summed E-state index contributed by atoms with van der Waals surface area (Å²) in [7, 11) is -3.08. The van der Waals surface area contributed by atoms with Crippen LogP contribution in [0.15, 0.2) is 4.79 Å². The number of nitrogens with zero attached hydrogens (tertiary/aromatic N) is 4. The number of nitriles is 1. The van der Waals surface area contributed by atoms with Gasteiger partial charge in [0.2, 0.25) is 14.3 Å². The highest BCUT2D eigenvalue weighted by molar-refractivity contribution is 6.78. The van der Waals surface area contributed by atoms with Crippen molar-refractivity contribution >= 4 is 41.5 Å². The van der Waals surface area contributed by atoms with E-state index < -0.39 is 22.9 Å². The molecule has 1 aromatic heterocycles. The molecule has 3 heterocycles. The first-order chi connectivity index (χ1) is 19.5. The average molecular weight is 618 g/mol. The van der Waals surface area contributed by atoms with Crippen molar-refractivity contribution in [1.82, 2.24) is 9.97 Å². The van der Waals surface area contributed by atoms with Gasteiger partial charge in [-0.3, -0.25) is 9.78 Å². The minimum atomic E-state index is -2.25. The highest BCUT2D eigenvalue weighted by atomic mass is 28.4. The molecule has 2 aliphatic rings. The van der Waals surface area contributed by atoms with E-state index in [4.69, 9.17) is 19.3 Å². The molecule has 13 heteroatoms. The van der Waals surface area contributed by atoms with Gasteiger partial charge in [0.05, 0.1) is 19.4 Å². The minimum absolute atomic E-state index is 0.0284. The van der Waals surface area contributed by atoms with E-state index in [9.17, 15) is 10.1 Å². The number of rotatable bonds is 13. The Kier molecular flexibility index (Phi) is 11.1. The molecule has 0 aliphatic carbocycles. The Labute approximate surface area is 256 Å². The molecule has 0 unspecified atom stereocenters. The number of aromatic nitrogens is 2. The van der Waals surface area contributed by atoms with Gasteiger partial charge in [-0.25, -0.2) is 5.26 Å². The fraction of sp³-hybridized carbons (Fsp3) is 0.828. The molecule has 3 atom stereocenters. The molecule has 0 saturated carbocycles. The second-order valence-electron chi connectivity index (χ2n) is 13.9. The Hall–Kier alpha value is -1.85. The van der Waals surface area contributed by atoms with Crippen LogP contribution >= 0.6 is 0 Å². The van der Waals surface area contributed by atoms with Crippen LogP contribution in [0.2, 0.25) is 33.2 Å². The molecule has 0 bridgehead atoms. The Bertz CT molecular complexity index is 1130. The number of hydrogen-bond donors (Lipinski definition) is 2. The Balaban J connectivity index is 2.03. The van der Waals surface area contributed by atoms with Crippen LogP contribution in [0, 0.1) is 11.2 Å². The first kappa shape index (κ1) is 34.6. The van der Waals surface area contributed by atoms with E-state index in [-0.39, 0.29) is 30.4 Å². The summed E-state index contributed by atoms with van der Waals surface area (Å²) >= 11 is 0. The third kappa shape index (κ3) is 6.20. The van der Waals surface area contributed by atoms with Crippen molar-refractivity contribution in [3.8, 4) is 5.97 Å². The second kappa shape index (κ2) is 13.4. The number of nitrogens with two attached hydrogens (primary N) is 1. The van der Waals surface area contributed by atoms with Crippen molar-refractivity contribution in [2.24, 2.45) is 0 Å². The van der Waals surface area contributed by atoms with Crippen LogP contribution < -0.4 is 21.0 Å². The van der Waals surface area contributed by atoms with Crippen LogP contribution in [0.3, 0.4) is 0 Å². The van der Waals surface area contributed by atoms with E-state index in [1.54, 1.807) is 4.81 Å². The van der Waals surface area contributed by atoms with Crippen LogP contribution in [0.4, 0.5) is 17.5 Å². The van der Waals surface area contributed by atoms with E-state index in [0.29, 0.717) is 57.8 Å². The molecule has 10 nitrogen and oxygen atoms in total. The topological polar surface area (TPSA) is 130 Å². The molecular formula is C29H54BN6O4Si2. The molecule has 1 radical (unpaired) electrons. The fourth-order valence-electron chi connectivity index (χ4n) is 8.20. The highest BCUT2D eigenvalue weighted by Crippen LogP contribution is 2.47. The minimum Gasteiger partial charge on any atom is -0.413 e. The number of nitrogen functional groups attached to an aromatic ring is 1. The summed E-state index contributed by atoms with van der Waals surface area (Å²) in [5.74, 6) is 2.49. The number of H-pyrrole nitrogens is 1. The largest absolute Gasteiger partial charge is 0.413 e. The fourth-order valence-corrected chi connectivity index (χ4v) is 19.2. The summed E-state index contributed by atoms with van der Waals surface area (Å²) in [6.45, 7) is 28.3. The van der Waals surface area contributed by atoms with Crippen molar-refractivity contribution in [2.75, 3.05) is 28.7 Å². The van der Waals surface area contributed by atoms with Gasteiger partial charge in [-0.05, 0) is 33.2 Å². The van der Waals surface area contributed by atoms with E-state index in [0.717, 1.165) is 0 Å². The summed E-state index contributed by atoms with van der Waals surface area (Å²) in [5, 5.41) is 9.41. The Morgan fingerprint density at radius 2 is 1.52 bits per heavy atom. The van der Waals surface area contributed by atoms with Crippen molar-refractivity contribution in [3.63, 3.8) is 0 Å². The average Bonchev–Trinajstić information content (AvgIpc) is 3.42. The predicted molar refractivity (Wildman–Crippen MR) is 177 cm³/mol. The normalized spacial score (nSPS) is 21.5. The molecule has 42 heavy (non-hydrogen) atoms. The van der Waals surface area contributed by atoms with Gasteiger partial charge < -0.3 is 29.0 Å². The lowest BCUT2D eigenvalue weighted by molar-refractivity contribution is -0.0175. The van der Waals surface area contributed by atoms with Gasteiger partial charge in [-0.2, -0.15) is 4.98 Å². The van der Waals surface area contributed by atoms with Gasteiger partial charge in [0.1, 0.15) is 18.0 Å². The van der Waals surface area contributed by atoms with Crippen LogP contribution in [-0.4, -0.2) is 65.7 Å². The van der Waals surface area contributed by atoms with Crippen LogP contribution in [0.25, 0.3) is 0 Å². The van der Waals surface area contributed by atoms with E-state index in [1.165, 1.54) is 7.41 Å². The lowest BCUT2D eigenvalue weighted by atomic mass is 9.95. The van der Waals surface area contributed by atoms with Gasteiger partial charge in [-0.1, -0.05) is 83.1 Å². The summed E-state index contributed by atoms with van der Waals surface area (Å²) in [4.78, 5) is 23.5. The van der Waals surface area contributed by atoms with Crippen LogP contribution in [-0.2, 0) is 13.6 Å². The van der Waals surface area contributed by atoms with E-state index >= 15 is 0 Å². The number of nitrogens with one attached hydrogen (secondary N) is 1. The summed E-state index contributed by atoms with van der Waals surface area (Å²) in [5.41, 5.74) is 8.48. The Morgan fingerprint density at radius 1 is 1.00 bits per heavy atom. The third-order valence-corrected chi connectivity index (χ3v) is 22.0. The van der Waals surface area contributed by atoms with Crippen molar-refractivity contribution in [2.45, 2.75) is 141 Å². The maximum Gasteiger partial charge on any atom is 0.388 e. The first-order valence-electron chi connectivity index (χ1n) is 15.7. The molecule has 0 aromatic carbocycles. The SMILES string of the molecule is CC(C)[Si](OC[C@H]1O[C@@H](N2CN([B]C#N)c3c2nc(N)[nH]c3=O)C[C@@H]1O[Si](C(C)C)(C(C)C)C(C)C)(C(C)C)C(C)C. The smallest absolute Gasteiger partial charge is 0.388 e. The van der Waals surface area contributed by atoms with E-state index in [2.05, 4.69) is 93.1 Å². The molecule has 2 aliphatic heterocycles. The van der Waals surface area contributed by atoms with Crippen molar-refractivity contribution < 1.29 is 13.6 Å². The summed E-state index contributed by atoms with van der Waals surface area (Å²) in [6.07, 6.45) is -0.274. The lowest BCUT2D eigenvalue weighted by Crippen LogP contribution is -2.53. The second-order valence-corrected chi connectivity index (χ2v) is 24.8. The molecule has 3 N–H and O–H groups in total. The maximum absolute atomic E-state index is 12.9. The molecule has 1 saturated heterocycles. The summed E-state index contributed by atoms with van der Waals surface area (Å²) in [6, 6.07) is 0. The highest BCUT2D eigenvalue weighted by Gasteiger charge is 2.53. The molecule has 0 spiro atoms. The molecule has 235 valence electrons. The first-order valence-corrected chi connectivity index (χ1v) is 20.0. The standard InChI is InChI=1S/C29H54BN6O4Si2/c1-17(2)41(18(3)4,19(5)6)38-14-24-23(40-42(20(7)8,21(9)10)22(11)12)13-25(39-24)35-16-36(30-15-31)26-27(35)33-29(32)34-28(26)37/h17-25H,13-14,16H2,1-12H3,(H3,32,33,34,37)/t23-,24+,25+/m0/s1. The molecule has 0 amide bonds.